The van der Waals surface area contributed by atoms with Crippen LogP contribution in [0.1, 0.15) is 34.3 Å². The minimum atomic E-state index is -0.199. The van der Waals surface area contributed by atoms with Gasteiger partial charge < -0.3 is 25.8 Å². The Hall–Kier alpha value is -5.29. The number of phenolic OH excluding ortho intramolecular Hbond substituents is 1. The number of phenols is 1. The lowest BCUT2D eigenvalue weighted by molar-refractivity contribution is -0.120. The maximum absolute atomic E-state index is 12.6. The summed E-state index contributed by atoms with van der Waals surface area (Å²) in [5.74, 6) is 1.57. The normalized spacial score (nSPS) is 17.6. The van der Waals surface area contributed by atoms with E-state index in [4.69, 9.17) is 20.4 Å². The van der Waals surface area contributed by atoms with Crippen LogP contribution >= 0.6 is 0 Å². The molecule has 5 aromatic rings. The molecule has 2 bridgehead atoms. The van der Waals surface area contributed by atoms with Crippen LogP contribution in [-0.2, 0) is 22.5 Å². The number of carbonyl (C=O) groups is 2. The number of pyridine rings is 2. The highest BCUT2D eigenvalue weighted by molar-refractivity contribution is 5.84. The maximum Gasteiger partial charge on any atom is 0.224 e. The van der Waals surface area contributed by atoms with E-state index in [2.05, 4.69) is 15.2 Å². The maximum atomic E-state index is 12.6. The van der Waals surface area contributed by atoms with Gasteiger partial charge in [-0.05, 0) is 72.5 Å². The number of aldehydes is 1. The Bertz CT molecular complexity index is 1860. The van der Waals surface area contributed by atoms with Crippen LogP contribution in [0.15, 0.2) is 72.9 Å². The van der Waals surface area contributed by atoms with E-state index in [1.54, 1.807) is 12.3 Å². The van der Waals surface area contributed by atoms with E-state index < -0.39 is 0 Å². The van der Waals surface area contributed by atoms with Crippen molar-refractivity contribution in [3.05, 3.63) is 89.6 Å². The summed E-state index contributed by atoms with van der Waals surface area (Å²) in [6.45, 7) is 1.96. The van der Waals surface area contributed by atoms with Gasteiger partial charge in [-0.2, -0.15) is 0 Å². The highest BCUT2D eigenvalue weighted by Gasteiger charge is 2.34. The molecule has 2 aromatic carbocycles. The van der Waals surface area contributed by atoms with E-state index in [1.165, 1.54) is 12.1 Å². The van der Waals surface area contributed by atoms with Gasteiger partial charge in [0.05, 0.1) is 29.8 Å². The third kappa shape index (κ3) is 5.33. The van der Waals surface area contributed by atoms with Crippen molar-refractivity contribution < 1.29 is 19.4 Å². The Balaban J connectivity index is 1.16. The van der Waals surface area contributed by atoms with E-state index in [1.807, 2.05) is 53.1 Å². The number of nitrogens with two attached hydrogens (primary N) is 1. The number of aromatic hydroxyl groups is 1. The van der Waals surface area contributed by atoms with E-state index in [0.29, 0.717) is 41.2 Å². The second kappa shape index (κ2) is 11.4. The highest BCUT2D eigenvalue weighted by Crippen LogP contribution is 2.33. The first kappa shape index (κ1) is 27.5. The first-order chi connectivity index (χ1) is 21.4. The fourth-order valence-electron chi connectivity index (χ4n) is 5.97. The van der Waals surface area contributed by atoms with E-state index in [9.17, 15) is 14.7 Å². The zero-order valence-electron chi connectivity index (χ0n) is 23.9. The molecular weight excluding hydrogens is 558 g/mol. The fourth-order valence-corrected chi connectivity index (χ4v) is 5.97. The van der Waals surface area contributed by atoms with Crippen LogP contribution in [0, 0.1) is 0 Å². The number of amides is 1. The molecule has 2 aliphatic heterocycles. The average Bonchev–Trinajstić information content (AvgIpc) is 3.58. The number of anilines is 2. The van der Waals surface area contributed by atoms with Gasteiger partial charge in [0.1, 0.15) is 22.9 Å². The summed E-state index contributed by atoms with van der Waals surface area (Å²) < 4.78 is 8.04. The van der Waals surface area contributed by atoms with Crippen LogP contribution in [0.4, 0.5) is 11.6 Å². The lowest BCUT2D eigenvalue weighted by atomic mass is 10.1. The van der Waals surface area contributed by atoms with Gasteiger partial charge in [0.25, 0.3) is 0 Å². The van der Waals surface area contributed by atoms with Gasteiger partial charge in [0.15, 0.2) is 17.8 Å². The van der Waals surface area contributed by atoms with Gasteiger partial charge in [-0.1, -0.05) is 18.2 Å². The largest absolute Gasteiger partial charge is 0.507 e. The molecule has 0 spiro atoms. The number of carbonyl (C=O) groups excluding carboxylic acids is 2. The smallest absolute Gasteiger partial charge is 0.224 e. The van der Waals surface area contributed by atoms with Gasteiger partial charge in [-0.15, -0.1) is 0 Å². The summed E-state index contributed by atoms with van der Waals surface area (Å²) in [5, 5.41) is 12.8. The number of fused-ring (bicyclic) bond motifs is 3. The summed E-state index contributed by atoms with van der Waals surface area (Å²) in [4.78, 5) is 40.1. The number of ether oxygens (including phenoxy) is 1. The van der Waals surface area contributed by atoms with Crippen LogP contribution in [-0.4, -0.2) is 62.1 Å². The molecule has 2 saturated heterocycles. The van der Waals surface area contributed by atoms with Crippen molar-refractivity contribution in [1.82, 2.24) is 24.8 Å². The third-order valence-electron chi connectivity index (χ3n) is 8.21. The number of nitrogen functional groups attached to an aromatic ring is 1. The molecule has 0 saturated carbocycles. The zero-order valence-corrected chi connectivity index (χ0v) is 23.9. The second-order valence-corrected chi connectivity index (χ2v) is 11.2. The van der Waals surface area contributed by atoms with Crippen molar-refractivity contribution in [2.45, 2.75) is 38.0 Å². The SMILES string of the molecule is Nc1ncccc1-c1nc2ccc(N3CC4CCC(C3)O4)nc2n1-c1ccc(CNC(=O)Cc2ccc(C=O)c(O)c2)cc1. The Morgan fingerprint density at radius 2 is 1.80 bits per heavy atom. The number of morpholine rings is 1. The molecule has 222 valence electrons. The molecule has 3 aromatic heterocycles. The molecule has 5 heterocycles. The highest BCUT2D eigenvalue weighted by atomic mass is 16.5. The Kier molecular flexibility index (Phi) is 7.15. The lowest BCUT2D eigenvalue weighted by Gasteiger charge is -2.33. The standard InChI is InChI=1S/C33H31N7O4/c34-31-26(2-1-13-35-31)32-37-27-11-12-29(39-17-24-9-10-25(18-39)44-24)38-33(27)40(32)23-7-4-20(5-8-23)16-36-30(43)15-21-3-6-22(19-41)28(42)14-21/h1-8,11-14,19,24-25,42H,9-10,15-18H2,(H2,34,35)(H,36,43). The first-order valence-corrected chi connectivity index (χ1v) is 14.6. The number of hydrogen-bond donors (Lipinski definition) is 3. The summed E-state index contributed by atoms with van der Waals surface area (Å²) in [7, 11) is 0. The van der Waals surface area contributed by atoms with E-state index in [0.717, 1.165) is 48.5 Å². The average molecular weight is 590 g/mol. The van der Waals surface area contributed by atoms with Crippen molar-refractivity contribution in [2.24, 2.45) is 0 Å². The van der Waals surface area contributed by atoms with Gasteiger partial charge in [0, 0.05) is 31.5 Å². The van der Waals surface area contributed by atoms with Gasteiger partial charge in [0.2, 0.25) is 5.91 Å². The monoisotopic (exact) mass is 589 g/mol. The van der Waals surface area contributed by atoms with Crippen molar-refractivity contribution in [2.75, 3.05) is 23.7 Å². The molecule has 2 atom stereocenters. The molecule has 2 aliphatic rings. The van der Waals surface area contributed by atoms with Gasteiger partial charge in [-0.3, -0.25) is 14.2 Å². The van der Waals surface area contributed by atoms with Crippen LogP contribution in [0.2, 0.25) is 0 Å². The number of rotatable bonds is 8. The molecule has 0 aliphatic carbocycles. The molecule has 4 N–H and O–H groups in total. The topological polar surface area (TPSA) is 148 Å². The Labute approximate surface area is 253 Å². The predicted molar refractivity (Wildman–Crippen MR) is 166 cm³/mol. The Morgan fingerprint density at radius 3 is 2.52 bits per heavy atom. The molecule has 2 fully saturated rings. The lowest BCUT2D eigenvalue weighted by Crippen LogP contribution is -2.43. The van der Waals surface area contributed by atoms with Crippen LogP contribution in [0.3, 0.4) is 0 Å². The molecule has 1 amide bonds. The number of benzene rings is 2. The van der Waals surface area contributed by atoms with Crippen molar-refractivity contribution in [3.8, 4) is 22.8 Å². The summed E-state index contributed by atoms with van der Waals surface area (Å²) in [5.41, 5.74) is 11.0. The Morgan fingerprint density at radius 1 is 1.02 bits per heavy atom. The van der Waals surface area contributed by atoms with Gasteiger partial charge in [-0.25, -0.2) is 15.0 Å². The number of nitrogens with one attached hydrogen (secondary N) is 1. The zero-order chi connectivity index (χ0) is 30.2. The molecular formula is C33H31N7O4. The van der Waals surface area contributed by atoms with E-state index >= 15 is 0 Å². The number of aromatic nitrogens is 4. The van der Waals surface area contributed by atoms with Crippen LogP contribution in [0.25, 0.3) is 28.2 Å². The van der Waals surface area contributed by atoms with Crippen molar-refractivity contribution in [1.29, 1.82) is 0 Å². The van der Waals surface area contributed by atoms with Crippen molar-refractivity contribution in [3.63, 3.8) is 0 Å². The minimum absolute atomic E-state index is 0.0837. The second-order valence-electron chi connectivity index (χ2n) is 11.2. The van der Waals surface area contributed by atoms with E-state index in [-0.39, 0.29) is 35.8 Å². The van der Waals surface area contributed by atoms with Crippen LogP contribution < -0.4 is 16.0 Å². The van der Waals surface area contributed by atoms with Gasteiger partial charge >= 0.3 is 0 Å². The third-order valence-corrected chi connectivity index (χ3v) is 8.21. The predicted octanol–water partition coefficient (Wildman–Crippen LogP) is 3.81. The van der Waals surface area contributed by atoms with Crippen molar-refractivity contribution >= 4 is 35.0 Å². The summed E-state index contributed by atoms with van der Waals surface area (Å²) >= 11 is 0. The summed E-state index contributed by atoms with van der Waals surface area (Å²) in [6, 6.07) is 20.2. The number of imidazole rings is 1. The quantitative estimate of drug-likeness (QED) is 0.230. The fraction of sp³-hybridized carbons (Fsp3) is 0.242. The molecule has 11 heteroatoms. The van der Waals surface area contributed by atoms with Crippen LogP contribution in [0.5, 0.6) is 5.75 Å². The minimum Gasteiger partial charge on any atom is -0.507 e. The molecule has 11 nitrogen and oxygen atoms in total. The molecule has 44 heavy (non-hydrogen) atoms. The number of hydrogen-bond acceptors (Lipinski definition) is 9. The molecule has 0 radical (unpaired) electrons. The first-order valence-electron chi connectivity index (χ1n) is 14.6. The summed E-state index contributed by atoms with van der Waals surface area (Å²) in [6.07, 6.45) is 4.95. The number of nitrogens with zero attached hydrogens (tertiary/aromatic N) is 5. The molecule has 2 unspecified atom stereocenters. The molecule has 7 rings (SSSR count).